The van der Waals surface area contributed by atoms with Crippen molar-refractivity contribution in [1.82, 2.24) is 19.3 Å². The van der Waals surface area contributed by atoms with Gasteiger partial charge >= 0.3 is 12.1 Å². The SMILES string of the molecule is CC(Cc1cn2ccccc2n1)N1Cc2nccc(N3CCOCC3)c2C1=O.O=C(O)C(F)(F)F. The van der Waals surface area contributed by atoms with Gasteiger partial charge < -0.3 is 24.0 Å². The number of carbonyl (C=O) groups is 2. The number of aromatic nitrogens is 3. The van der Waals surface area contributed by atoms with E-state index in [2.05, 4.69) is 21.8 Å². The Morgan fingerprint density at radius 2 is 1.94 bits per heavy atom. The monoisotopic (exact) mass is 491 g/mol. The zero-order valence-electron chi connectivity index (χ0n) is 18.9. The van der Waals surface area contributed by atoms with Crippen LogP contribution in [0.1, 0.15) is 28.7 Å². The van der Waals surface area contributed by atoms with Gasteiger partial charge in [-0.1, -0.05) is 6.07 Å². The Balaban J connectivity index is 0.000000364. The van der Waals surface area contributed by atoms with Crippen molar-refractivity contribution < 1.29 is 32.6 Å². The van der Waals surface area contributed by atoms with Crippen LogP contribution in [-0.4, -0.2) is 74.8 Å². The molecule has 1 unspecified atom stereocenters. The molecule has 35 heavy (non-hydrogen) atoms. The molecule has 1 saturated heterocycles. The number of aliphatic carboxylic acids is 1. The molecule has 0 radical (unpaired) electrons. The number of halogens is 3. The van der Waals surface area contributed by atoms with Crippen LogP contribution < -0.4 is 4.90 Å². The number of carbonyl (C=O) groups excluding carboxylic acids is 1. The lowest BCUT2D eigenvalue weighted by molar-refractivity contribution is -0.192. The molecule has 1 N–H and O–H groups in total. The summed E-state index contributed by atoms with van der Waals surface area (Å²) in [6.45, 7) is 5.64. The number of hydrogen-bond donors (Lipinski definition) is 1. The van der Waals surface area contributed by atoms with Crippen molar-refractivity contribution in [1.29, 1.82) is 0 Å². The molecular formula is C23H24F3N5O4. The number of morpholine rings is 1. The second-order valence-electron chi connectivity index (χ2n) is 8.24. The maximum Gasteiger partial charge on any atom is 0.490 e. The van der Waals surface area contributed by atoms with Gasteiger partial charge in [0.15, 0.2) is 0 Å². The first-order valence-electron chi connectivity index (χ1n) is 11.0. The van der Waals surface area contributed by atoms with Crippen LogP contribution in [0.5, 0.6) is 0 Å². The number of carboxylic acids is 1. The number of imidazole rings is 1. The van der Waals surface area contributed by atoms with Crippen LogP contribution in [0, 0.1) is 0 Å². The fourth-order valence-electron chi connectivity index (χ4n) is 4.15. The van der Waals surface area contributed by atoms with E-state index in [9.17, 15) is 18.0 Å². The highest BCUT2D eigenvalue weighted by atomic mass is 19.4. The van der Waals surface area contributed by atoms with Gasteiger partial charge in [-0.3, -0.25) is 9.78 Å². The fraction of sp³-hybridized carbons (Fsp3) is 0.391. The molecule has 0 saturated carbocycles. The molecule has 5 rings (SSSR count). The zero-order valence-corrected chi connectivity index (χ0v) is 18.9. The standard InChI is InChI=1S/C21H23N5O2.C2HF3O2/c1-15(12-16-13-25-7-3-2-4-19(25)23-16)26-14-17-20(21(26)27)18(5-6-22-17)24-8-10-28-11-9-24;3-2(4,5)1(6)7/h2-7,13,15H,8-12,14H2,1H3;(H,6,7). The van der Waals surface area contributed by atoms with Crippen molar-refractivity contribution in [2.24, 2.45) is 0 Å². The topological polar surface area (TPSA) is 100 Å². The van der Waals surface area contributed by atoms with Crippen molar-refractivity contribution in [3.8, 4) is 0 Å². The van der Waals surface area contributed by atoms with E-state index in [0.717, 1.165) is 41.4 Å². The molecule has 0 aromatic carbocycles. The number of amides is 1. The number of nitrogens with zero attached hydrogens (tertiary/aromatic N) is 5. The minimum Gasteiger partial charge on any atom is -0.475 e. The van der Waals surface area contributed by atoms with E-state index in [1.165, 1.54) is 0 Å². The molecular weight excluding hydrogens is 467 g/mol. The first kappa shape index (κ1) is 24.5. The van der Waals surface area contributed by atoms with E-state index in [1.54, 1.807) is 0 Å². The normalized spacial score (nSPS) is 16.6. The molecule has 9 nitrogen and oxygen atoms in total. The number of fused-ring (bicyclic) bond motifs is 2. The molecule has 1 atom stereocenters. The average Bonchev–Trinajstić information content (AvgIpc) is 3.39. The minimum atomic E-state index is -5.08. The Labute approximate surface area is 198 Å². The second kappa shape index (κ2) is 9.90. The third-order valence-electron chi connectivity index (χ3n) is 5.85. The van der Waals surface area contributed by atoms with Crippen LogP contribution in [0.3, 0.4) is 0 Å². The summed E-state index contributed by atoms with van der Waals surface area (Å²) >= 11 is 0. The number of carboxylic acid groups (broad SMARTS) is 1. The average molecular weight is 491 g/mol. The summed E-state index contributed by atoms with van der Waals surface area (Å²) < 4.78 is 39.2. The second-order valence-corrected chi connectivity index (χ2v) is 8.24. The Morgan fingerprint density at radius 1 is 1.23 bits per heavy atom. The number of anilines is 1. The molecule has 2 aliphatic rings. The first-order valence-corrected chi connectivity index (χ1v) is 11.0. The quantitative estimate of drug-likeness (QED) is 0.599. The van der Waals surface area contributed by atoms with Crippen molar-refractivity contribution in [3.63, 3.8) is 0 Å². The maximum atomic E-state index is 13.3. The Hall–Kier alpha value is -3.67. The summed E-state index contributed by atoms with van der Waals surface area (Å²) in [4.78, 5) is 35.5. The van der Waals surface area contributed by atoms with Crippen LogP contribution in [0.2, 0.25) is 0 Å². The molecule has 5 heterocycles. The molecule has 186 valence electrons. The Morgan fingerprint density at radius 3 is 2.60 bits per heavy atom. The fourth-order valence-corrected chi connectivity index (χ4v) is 4.15. The first-order chi connectivity index (χ1) is 16.6. The number of rotatable bonds is 4. The predicted octanol–water partition coefficient (Wildman–Crippen LogP) is 2.79. The van der Waals surface area contributed by atoms with E-state index in [1.807, 2.05) is 52.2 Å². The van der Waals surface area contributed by atoms with Gasteiger partial charge in [0.2, 0.25) is 0 Å². The van der Waals surface area contributed by atoms with E-state index in [4.69, 9.17) is 14.6 Å². The van der Waals surface area contributed by atoms with Crippen LogP contribution in [0.4, 0.5) is 18.9 Å². The van der Waals surface area contributed by atoms with E-state index < -0.39 is 12.1 Å². The van der Waals surface area contributed by atoms with Crippen molar-refractivity contribution in [3.05, 3.63) is 59.8 Å². The highest BCUT2D eigenvalue weighted by molar-refractivity contribution is 6.03. The van der Waals surface area contributed by atoms with Gasteiger partial charge in [-0.05, 0) is 25.1 Å². The molecule has 1 amide bonds. The predicted molar refractivity (Wildman–Crippen MR) is 119 cm³/mol. The lowest BCUT2D eigenvalue weighted by atomic mass is 10.1. The highest BCUT2D eigenvalue weighted by Crippen LogP contribution is 2.32. The number of pyridine rings is 2. The molecule has 0 bridgehead atoms. The summed E-state index contributed by atoms with van der Waals surface area (Å²) in [7, 11) is 0. The Kier molecular flexibility index (Phi) is 6.92. The zero-order chi connectivity index (χ0) is 25.2. The smallest absolute Gasteiger partial charge is 0.475 e. The molecule has 2 aliphatic heterocycles. The summed E-state index contributed by atoms with van der Waals surface area (Å²) in [5.74, 6) is -2.69. The van der Waals surface area contributed by atoms with Gasteiger partial charge in [0.1, 0.15) is 5.65 Å². The third kappa shape index (κ3) is 5.37. The maximum absolute atomic E-state index is 13.3. The molecule has 3 aromatic rings. The van der Waals surface area contributed by atoms with Crippen LogP contribution >= 0.6 is 0 Å². The highest BCUT2D eigenvalue weighted by Gasteiger charge is 2.38. The summed E-state index contributed by atoms with van der Waals surface area (Å²) in [6, 6.07) is 7.96. The van der Waals surface area contributed by atoms with E-state index in [-0.39, 0.29) is 11.9 Å². The summed E-state index contributed by atoms with van der Waals surface area (Å²) in [5, 5.41) is 7.12. The number of alkyl halides is 3. The van der Waals surface area contributed by atoms with Crippen molar-refractivity contribution in [2.45, 2.75) is 32.1 Å². The van der Waals surface area contributed by atoms with Crippen LogP contribution in [-0.2, 0) is 22.5 Å². The van der Waals surface area contributed by atoms with Gasteiger partial charge in [0.25, 0.3) is 5.91 Å². The number of ether oxygens (including phenoxy) is 1. The van der Waals surface area contributed by atoms with Gasteiger partial charge in [-0.25, -0.2) is 9.78 Å². The van der Waals surface area contributed by atoms with Gasteiger partial charge in [-0.2, -0.15) is 13.2 Å². The largest absolute Gasteiger partial charge is 0.490 e. The van der Waals surface area contributed by atoms with Gasteiger partial charge in [0.05, 0.1) is 42.4 Å². The molecule has 1 fully saturated rings. The van der Waals surface area contributed by atoms with Crippen molar-refractivity contribution >= 4 is 23.2 Å². The van der Waals surface area contributed by atoms with Gasteiger partial charge in [0, 0.05) is 44.1 Å². The van der Waals surface area contributed by atoms with Crippen LogP contribution in [0.25, 0.3) is 5.65 Å². The lowest BCUT2D eigenvalue weighted by Crippen LogP contribution is -2.38. The molecule has 0 spiro atoms. The molecule has 0 aliphatic carbocycles. The Bertz CT molecular complexity index is 1190. The minimum absolute atomic E-state index is 0.0455. The summed E-state index contributed by atoms with van der Waals surface area (Å²) in [5.41, 5.74) is 4.53. The van der Waals surface area contributed by atoms with Crippen molar-refractivity contribution in [2.75, 3.05) is 31.2 Å². The third-order valence-corrected chi connectivity index (χ3v) is 5.85. The van der Waals surface area contributed by atoms with Crippen LogP contribution in [0.15, 0.2) is 42.9 Å². The van der Waals surface area contributed by atoms with Gasteiger partial charge in [-0.15, -0.1) is 0 Å². The molecule has 3 aromatic heterocycles. The number of hydrogen-bond acceptors (Lipinski definition) is 6. The summed E-state index contributed by atoms with van der Waals surface area (Å²) in [6.07, 6.45) is 1.48. The van der Waals surface area contributed by atoms with E-state index >= 15 is 0 Å². The lowest BCUT2D eigenvalue weighted by Gasteiger charge is -2.30. The van der Waals surface area contributed by atoms with E-state index in [0.29, 0.717) is 26.2 Å². The molecule has 12 heteroatoms.